The Bertz CT molecular complexity index is 946. The Morgan fingerprint density at radius 1 is 1.19 bits per heavy atom. The van der Waals surface area contributed by atoms with E-state index in [0.717, 1.165) is 28.2 Å². The molecule has 3 rings (SSSR count). The lowest BCUT2D eigenvalue weighted by molar-refractivity contribution is -0.121. The van der Waals surface area contributed by atoms with Crippen molar-refractivity contribution in [2.24, 2.45) is 0 Å². The largest absolute Gasteiger partial charge is 0.491 e. The van der Waals surface area contributed by atoms with Crippen molar-refractivity contribution in [1.29, 1.82) is 0 Å². The van der Waals surface area contributed by atoms with Gasteiger partial charge in [-0.1, -0.05) is 31.2 Å². The van der Waals surface area contributed by atoms with Gasteiger partial charge in [-0.25, -0.2) is 4.98 Å². The number of carbonyl (C=O) groups is 1. The van der Waals surface area contributed by atoms with Crippen LogP contribution in [-0.2, 0) is 11.3 Å². The Morgan fingerprint density at radius 3 is 2.74 bits per heavy atom. The molecule has 0 aliphatic rings. The maximum Gasteiger partial charge on any atom is 0.220 e. The van der Waals surface area contributed by atoms with Gasteiger partial charge in [-0.05, 0) is 50.1 Å². The highest BCUT2D eigenvalue weighted by atomic mass is 16.5. The zero-order valence-corrected chi connectivity index (χ0v) is 16.5. The number of para-hydroxylation sites is 2. The lowest BCUT2D eigenvalue weighted by Crippen LogP contribution is -2.28. The second-order valence-electron chi connectivity index (χ2n) is 6.80. The highest BCUT2D eigenvalue weighted by Crippen LogP contribution is 2.23. The van der Waals surface area contributed by atoms with Crippen molar-refractivity contribution in [3.63, 3.8) is 0 Å². The summed E-state index contributed by atoms with van der Waals surface area (Å²) in [6, 6.07) is 14.0. The van der Waals surface area contributed by atoms with Gasteiger partial charge in [0.05, 0.1) is 23.6 Å². The summed E-state index contributed by atoms with van der Waals surface area (Å²) in [4.78, 5) is 16.6. The van der Waals surface area contributed by atoms with Crippen LogP contribution in [0.5, 0.6) is 5.75 Å². The molecule has 0 radical (unpaired) electrons. The number of carbonyl (C=O) groups excluding carboxylic acids is 1. The molecule has 1 atom stereocenters. The Labute approximate surface area is 160 Å². The van der Waals surface area contributed by atoms with Gasteiger partial charge in [-0.15, -0.1) is 0 Å². The number of hydrogen-bond acceptors (Lipinski definition) is 3. The highest BCUT2D eigenvalue weighted by molar-refractivity contribution is 5.77. The number of rotatable bonds is 7. The fraction of sp³-hybridized carbons (Fsp3) is 0.364. The number of hydrogen-bond donors (Lipinski definition) is 1. The van der Waals surface area contributed by atoms with Crippen molar-refractivity contribution in [2.75, 3.05) is 6.61 Å². The average molecular weight is 365 g/mol. The van der Waals surface area contributed by atoms with Gasteiger partial charge >= 0.3 is 0 Å². The van der Waals surface area contributed by atoms with Crippen LogP contribution < -0.4 is 10.1 Å². The number of fused-ring (bicyclic) bond motifs is 1. The van der Waals surface area contributed by atoms with E-state index in [1.165, 1.54) is 5.56 Å². The van der Waals surface area contributed by atoms with Crippen LogP contribution >= 0.6 is 0 Å². The molecule has 0 spiro atoms. The molecule has 1 unspecified atom stereocenters. The molecular weight excluding hydrogens is 338 g/mol. The molecule has 142 valence electrons. The van der Waals surface area contributed by atoms with Gasteiger partial charge in [-0.3, -0.25) is 4.79 Å². The first-order chi connectivity index (χ1) is 13.0. The van der Waals surface area contributed by atoms with E-state index < -0.39 is 0 Å². The van der Waals surface area contributed by atoms with Crippen LogP contribution in [0.15, 0.2) is 42.5 Å². The van der Waals surface area contributed by atoms with Crippen LogP contribution in [0, 0.1) is 13.8 Å². The van der Waals surface area contributed by atoms with Crippen LogP contribution in [0.3, 0.4) is 0 Å². The maximum atomic E-state index is 11.8. The molecule has 0 saturated heterocycles. The molecule has 5 nitrogen and oxygen atoms in total. The predicted molar refractivity (Wildman–Crippen MR) is 108 cm³/mol. The molecule has 0 bridgehead atoms. The van der Waals surface area contributed by atoms with Crippen LogP contribution in [-0.4, -0.2) is 22.1 Å². The van der Waals surface area contributed by atoms with E-state index in [4.69, 9.17) is 9.72 Å². The summed E-state index contributed by atoms with van der Waals surface area (Å²) in [6.07, 6.45) is 0.459. The van der Waals surface area contributed by atoms with Gasteiger partial charge in [0.15, 0.2) is 0 Å². The summed E-state index contributed by atoms with van der Waals surface area (Å²) < 4.78 is 8.18. The lowest BCUT2D eigenvalue weighted by Gasteiger charge is -2.17. The molecular formula is C22H27N3O2. The molecule has 0 fully saturated rings. The highest BCUT2D eigenvalue weighted by Gasteiger charge is 2.18. The third-order valence-electron chi connectivity index (χ3n) is 4.90. The number of ether oxygens (including phenoxy) is 1. The third-order valence-corrected chi connectivity index (χ3v) is 4.90. The van der Waals surface area contributed by atoms with E-state index in [1.54, 1.807) is 0 Å². The molecule has 1 N–H and O–H groups in total. The fourth-order valence-corrected chi connectivity index (χ4v) is 3.20. The summed E-state index contributed by atoms with van der Waals surface area (Å²) in [7, 11) is 0. The van der Waals surface area contributed by atoms with Crippen LogP contribution in [0.1, 0.15) is 43.3 Å². The van der Waals surface area contributed by atoms with Crippen molar-refractivity contribution >= 4 is 16.9 Å². The van der Waals surface area contributed by atoms with Crippen LogP contribution in [0.25, 0.3) is 11.0 Å². The zero-order chi connectivity index (χ0) is 19.4. The molecule has 0 aliphatic heterocycles. The van der Waals surface area contributed by atoms with Crippen molar-refractivity contribution in [1.82, 2.24) is 14.9 Å². The summed E-state index contributed by atoms with van der Waals surface area (Å²) in [5.74, 6) is 1.78. The van der Waals surface area contributed by atoms with Crippen molar-refractivity contribution in [3.05, 3.63) is 59.4 Å². The fourth-order valence-electron chi connectivity index (χ4n) is 3.20. The molecule has 5 heteroatoms. The van der Waals surface area contributed by atoms with Gasteiger partial charge in [0.1, 0.15) is 18.2 Å². The zero-order valence-electron chi connectivity index (χ0n) is 16.5. The van der Waals surface area contributed by atoms with Gasteiger partial charge in [0.25, 0.3) is 0 Å². The van der Waals surface area contributed by atoms with E-state index >= 15 is 0 Å². The van der Waals surface area contributed by atoms with E-state index in [1.807, 2.05) is 44.2 Å². The van der Waals surface area contributed by atoms with E-state index in [-0.39, 0.29) is 11.9 Å². The predicted octanol–water partition coefficient (Wildman–Crippen LogP) is 4.32. The van der Waals surface area contributed by atoms with Gasteiger partial charge in [0, 0.05) is 6.42 Å². The number of amides is 1. The minimum Gasteiger partial charge on any atom is -0.491 e. The molecule has 3 aromatic rings. The first kappa shape index (κ1) is 19.0. The Morgan fingerprint density at radius 2 is 1.96 bits per heavy atom. The van der Waals surface area contributed by atoms with E-state index in [2.05, 4.69) is 35.9 Å². The molecule has 0 aliphatic carbocycles. The quantitative estimate of drug-likeness (QED) is 0.678. The standard InChI is InChI=1S/C22H27N3O2/c1-5-21(26)23-17(4)22-24-18-10-6-7-11-19(18)25(22)13-14-27-20-12-8-9-15(2)16(20)3/h6-12,17H,5,13-14H2,1-4H3,(H,23,26). The topological polar surface area (TPSA) is 56.2 Å². The molecule has 1 amide bonds. The molecule has 27 heavy (non-hydrogen) atoms. The number of imidazole rings is 1. The Hall–Kier alpha value is -2.82. The SMILES string of the molecule is CCC(=O)NC(C)c1nc2ccccc2n1CCOc1cccc(C)c1C. The second kappa shape index (κ2) is 8.25. The Kier molecular flexibility index (Phi) is 5.79. The Balaban J connectivity index is 1.82. The molecule has 2 aromatic carbocycles. The number of nitrogens with zero attached hydrogens (tertiary/aromatic N) is 2. The summed E-state index contributed by atoms with van der Waals surface area (Å²) in [5, 5.41) is 3.01. The van der Waals surface area contributed by atoms with Crippen molar-refractivity contribution < 1.29 is 9.53 Å². The normalized spacial score (nSPS) is 12.1. The number of aryl methyl sites for hydroxylation is 1. The van der Waals surface area contributed by atoms with Crippen LogP contribution in [0.2, 0.25) is 0 Å². The smallest absolute Gasteiger partial charge is 0.220 e. The van der Waals surface area contributed by atoms with E-state index in [0.29, 0.717) is 19.6 Å². The molecule has 1 aromatic heterocycles. The number of benzene rings is 2. The number of aromatic nitrogens is 2. The second-order valence-corrected chi connectivity index (χ2v) is 6.80. The van der Waals surface area contributed by atoms with Gasteiger partial charge in [0.2, 0.25) is 5.91 Å². The lowest BCUT2D eigenvalue weighted by atomic mass is 10.1. The molecule has 0 saturated carbocycles. The van der Waals surface area contributed by atoms with Crippen LogP contribution in [0.4, 0.5) is 0 Å². The maximum absolute atomic E-state index is 11.8. The van der Waals surface area contributed by atoms with Crippen molar-refractivity contribution in [2.45, 2.75) is 46.7 Å². The average Bonchev–Trinajstić information content (AvgIpc) is 3.04. The minimum atomic E-state index is -0.162. The van der Waals surface area contributed by atoms with Gasteiger partial charge in [-0.2, -0.15) is 0 Å². The van der Waals surface area contributed by atoms with E-state index in [9.17, 15) is 4.79 Å². The third kappa shape index (κ3) is 4.13. The summed E-state index contributed by atoms with van der Waals surface area (Å²) in [6.45, 7) is 9.17. The first-order valence-electron chi connectivity index (χ1n) is 9.44. The molecule has 1 heterocycles. The summed E-state index contributed by atoms with van der Waals surface area (Å²) >= 11 is 0. The number of nitrogens with one attached hydrogen (secondary N) is 1. The van der Waals surface area contributed by atoms with Crippen molar-refractivity contribution in [3.8, 4) is 5.75 Å². The van der Waals surface area contributed by atoms with Gasteiger partial charge < -0.3 is 14.6 Å². The summed E-state index contributed by atoms with van der Waals surface area (Å²) in [5.41, 5.74) is 4.36. The first-order valence-corrected chi connectivity index (χ1v) is 9.44. The monoisotopic (exact) mass is 365 g/mol. The minimum absolute atomic E-state index is 0.0211.